The second-order valence-corrected chi connectivity index (χ2v) is 6.70. The lowest BCUT2D eigenvalue weighted by atomic mass is 9.93. The summed E-state index contributed by atoms with van der Waals surface area (Å²) in [7, 11) is 0. The largest absolute Gasteiger partial charge is 0.416 e. The number of piperazine rings is 1. The highest BCUT2D eigenvalue weighted by Gasteiger charge is 2.34. The molecule has 1 N–H and O–H groups in total. The molecule has 0 radical (unpaired) electrons. The van der Waals surface area contributed by atoms with Gasteiger partial charge in [0, 0.05) is 37.8 Å². The molecule has 1 heterocycles. The number of alkyl halides is 3. The van der Waals surface area contributed by atoms with E-state index in [2.05, 4.69) is 5.32 Å². The van der Waals surface area contributed by atoms with Crippen LogP contribution in [-0.2, 0) is 6.18 Å². The maximum Gasteiger partial charge on any atom is 0.416 e. The fourth-order valence-corrected chi connectivity index (χ4v) is 3.16. The monoisotopic (exact) mass is 352 g/mol. The van der Waals surface area contributed by atoms with Crippen molar-refractivity contribution in [2.24, 2.45) is 5.92 Å². The van der Waals surface area contributed by atoms with Crippen molar-refractivity contribution in [3.63, 3.8) is 0 Å². The molecule has 1 aliphatic heterocycles. The van der Waals surface area contributed by atoms with E-state index in [9.17, 15) is 17.6 Å². The summed E-state index contributed by atoms with van der Waals surface area (Å²) in [5.74, 6) is -0.522. The molecule has 1 atom stereocenters. The van der Waals surface area contributed by atoms with Gasteiger partial charge < -0.3 is 5.32 Å². The van der Waals surface area contributed by atoms with Gasteiger partial charge in [0.1, 0.15) is 5.82 Å². The molecule has 2 nitrogen and oxygen atoms in total. The van der Waals surface area contributed by atoms with Crippen LogP contribution in [0, 0.1) is 11.7 Å². The van der Waals surface area contributed by atoms with Gasteiger partial charge in [-0.2, -0.15) is 13.2 Å². The van der Waals surface area contributed by atoms with Gasteiger partial charge in [-0.1, -0.05) is 25.4 Å². The van der Waals surface area contributed by atoms with Gasteiger partial charge >= 0.3 is 6.18 Å². The smallest absolute Gasteiger partial charge is 0.314 e. The number of rotatable bonds is 4. The Bertz CT molecular complexity index is 540. The third-order valence-electron chi connectivity index (χ3n) is 4.03. The highest BCUT2D eigenvalue weighted by Crippen LogP contribution is 2.38. The molecule has 130 valence electrons. The number of benzene rings is 1. The summed E-state index contributed by atoms with van der Waals surface area (Å²) in [6.07, 6.45) is -3.97. The van der Waals surface area contributed by atoms with E-state index in [-0.39, 0.29) is 11.5 Å². The molecule has 0 saturated carbocycles. The molecule has 0 bridgehead atoms. The average Bonchev–Trinajstić information content (AvgIpc) is 2.47. The first-order valence-electron chi connectivity index (χ1n) is 7.71. The lowest BCUT2D eigenvalue weighted by Gasteiger charge is -2.36. The van der Waals surface area contributed by atoms with Crippen molar-refractivity contribution in [2.75, 3.05) is 26.2 Å². The van der Waals surface area contributed by atoms with Gasteiger partial charge in [0.25, 0.3) is 0 Å². The third-order valence-corrected chi connectivity index (χ3v) is 4.30. The molecule has 0 unspecified atom stereocenters. The minimum absolute atomic E-state index is 0.0421. The Morgan fingerprint density at radius 3 is 2.35 bits per heavy atom. The zero-order valence-electron chi connectivity index (χ0n) is 13.2. The minimum atomic E-state index is -4.54. The molecule has 0 amide bonds. The van der Waals surface area contributed by atoms with Crippen LogP contribution in [0.1, 0.15) is 37.4 Å². The first-order valence-corrected chi connectivity index (χ1v) is 8.09. The Hall–Kier alpha value is -0.850. The van der Waals surface area contributed by atoms with Gasteiger partial charge in [-0.15, -0.1) is 0 Å². The van der Waals surface area contributed by atoms with Crippen molar-refractivity contribution in [2.45, 2.75) is 32.5 Å². The maximum absolute atomic E-state index is 14.5. The summed E-state index contributed by atoms with van der Waals surface area (Å²) in [4.78, 5) is 2.03. The van der Waals surface area contributed by atoms with Gasteiger partial charge in [-0.05, 0) is 24.5 Å². The van der Waals surface area contributed by atoms with E-state index < -0.39 is 28.6 Å². The van der Waals surface area contributed by atoms with Crippen molar-refractivity contribution < 1.29 is 17.6 Å². The second-order valence-electron chi connectivity index (χ2n) is 6.29. The van der Waals surface area contributed by atoms with E-state index in [1.807, 2.05) is 18.7 Å². The fraction of sp³-hybridized carbons (Fsp3) is 0.625. The van der Waals surface area contributed by atoms with Crippen LogP contribution < -0.4 is 5.32 Å². The van der Waals surface area contributed by atoms with E-state index in [0.717, 1.165) is 19.2 Å². The van der Waals surface area contributed by atoms with Crippen LogP contribution in [0.3, 0.4) is 0 Å². The van der Waals surface area contributed by atoms with Crippen LogP contribution in [0.2, 0.25) is 5.02 Å². The number of hydrogen-bond acceptors (Lipinski definition) is 2. The zero-order valence-corrected chi connectivity index (χ0v) is 13.9. The Balaban J connectivity index is 2.46. The Morgan fingerprint density at radius 2 is 1.83 bits per heavy atom. The molecule has 0 aromatic heterocycles. The van der Waals surface area contributed by atoms with Gasteiger partial charge in [0.15, 0.2) is 0 Å². The van der Waals surface area contributed by atoms with Crippen LogP contribution in [0.15, 0.2) is 12.1 Å². The highest BCUT2D eigenvalue weighted by molar-refractivity contribution is 6.30. The minimum Gasteiger partial charge on any atom is -0.314 e. The lowest BCUT2D eigenvalue weighted by Crippen LogP contribution is -2.45. The first kappa shape index (κ1) is 18.5. The SMILES string of the molecule is CC(C)C[C@@H](c1cc(C(F)(F)F)cc(Cl)c1F)N1CCNCC1. The van der Waals surface area contributed by atoms with Gasteiger partial charge in [-0.3, -0.25) is 4.90 Å². The van der Waals surface area contributed by atoms with Gasteiger partial charge in [0.05, 0.1) is 10.6 Å². The molecule has 0 aliphatic carbocycles. The van der Waals surface area contributed by atoms with Crippen LogP contribution >= 0.6 is 11.6 Å². The molecule has 1 aliphatic rings. The maximum atomic E-state index is 14.5. The van der Waals surface area contributed by atoms with Crippen LogP contribution in [-0.4, -0.2) is 31.1 Å². The normalized spacial score (nSPS) is 18.4. The number of nitrogens with zero attached hydrogens (tertiary/aromatic N) is 1. The molecule has 1 saturated heterocycles. The molecule has 23 heavy (non-hydrogen) atoms. The summed E-state index contributed by atoms with van der Waals surface area (Å²) in [5.41, 5.74) is -0.858. The molecule has 2 rings (SSSR count). The summed E-state index contributed by atoms with van der Waals surface area (Å²) >= 11 is 5.74. The van der Waals surface area contributed by atoms with Crippen molar-refractivity contribution in [3.8, 4) is 0 Å². The van der Waals surface area contributed by atoms with Gasteiger partial charge in [-0.25, -0.2) is 4.39 Å². The summed E-state index contributed by atoms with van der Waals surface area (Å²) in [6.45, 7) is 6.77. The predicted molar refractivity (Wildman–Crippen MR) is 83.1 cm³/mol. The molecule has 0 spiro atoms. The summed E-state index contributed by atoms with van der Waals surface area (Å²) in [5, 5.41) is 2.72. The van der Waals surface area contributed by atoms with E-state index in [4.69, 9.17) is 11.6 Å². The lowest BCUT2D eigenvalue weighted by molar-refractivity contribution is -0.137. The topological polar surface area (TPSA) is 15.3 Å². The quantitative estimate of drug-likeness (QED) is 0.803. The van der Waals surface area contributed by atoms with Crippen LogP contribution in [0.4, 0.5) is 17.6 Å². The standard InChI is InChI=1S/C16H21ClF4N2/c1-10(2)7-14(23-5-3-22-4-6-23)12-8-11(16(19,20)21)9-13(17)15(12)18/h8-10,14,22H,3-7H2,1-2H3/t14-/m0/s1. The third kappa shape index (κ3) is 4.58. The molecule has 1 aromatic rings. The van der Waals surface area contributed by atoms with E-state index in [1.165, 1.54) is 0 Å². The highest BCUT2D eigenvalue weighted by atomic mass is 35.5. The van der Waals surface area contributed by atoms with E-state index in [1.54, 1.807) is 0 Å². The van der Waals surface area contributed by atoms with Crippen LogP contribution in [0.5, 0.6) is 0 Å². The molecular weight excluding hydrogens is 332 g/mol. The molecular formula is C16H21ClF4N2. The van der Waals surface area contributed by atoms with Crippen LogP contribution in [0.25, 0.3) is 0 Å². The van der Waals surface area contributed by atoms with Crippen molar-refractivity contribution in [1.29, 1.82) is 0 Å². The van der Waals surface area contributed by atoms with E-state index in [0.29, 0.717) is 25.6 Å². The van der Waals surface area contributed by atoms with Crippen molar-refractivity contribution in [1.82, 2.24) is 10.2 Å². The average molecular weight is 353 g/mol. The Kier molecular flexibility index (Phi) is 5.92. The molecule has 7 heteroatoms. The molecule has 1 fully saturated rings. The van der Waals surface area contributed by atoms with E-state index >= 15 is 0 Å². The predicted octanol–water partition coefficient (Wildman–Crippen LogP) is 4.49. The Labute approximate surface area is 138 Å². The van der Waals surface area contributed by atoms with Gasteiger partial charge in [0.2, 0.25) is 0 Å². The van der Waals surface area contributed by atoms with Crippen molar-refractivity contribution in [3.05, 3.63) is 34.1 Å². The zero-order chi connectivity index (χ0) is 17.2. The summed E-state index contributed by atoms with van der Waals surface area (Å²) < 4.78 is 53.6. The number of nitrogens with one attached hydrogen (secondary N) is 1. The fourth-order valence-electron chi connectivity index (χ4n) is 2.93. The number of hydrogen-bond donors (Lipinski definition) is 1. The second kappa shape index (κ2) is 7.36. The number of halogens is 5. The Morgan fingerprint density at radius 1 is 1.22 bits per heavy atom. The first-order chi connectivity index (χ1) is 10.7. The summed E-state index contributed by atoms with van der Waals surface area (Å²) in [6, 6.07) is 1.16. The van der Waals surface area contributed by atoms with Crippen molar-refractivity contribution >= 4 is 11.6 Å². The molecule has 1 aromatic carbocycles.